The van der Waals surface area contributed by atoms with E-state index < -0.39 is 11.2 Å². The van der Waals surface area contributed by atoms with Crippen molar-refractivity contribution in [3.8, 4) is 0 Å². The molecule has 2 aromatic heterocycles. The van der Waals surface area contributed by atoms with Crippen molar-refractivity contribution in [2.24, 2.45) is 7.05 Å². The van der Waals surface area contributed by atoms with Gasteiger partial charge < -0.3 is 11.1 Å². The zero-order valence-electron chi connectivity index (χ0n) is 11.4. The maximum Gasteiger partial charge on any atom is 0.330 e. The SMILES string of the molecule is CCn1c(N)c(NCCc2ncn(C)n2)c(=O)[nH]c1=O. The molecule has 0 saturated carbocycles. The number of nitrogens with zero attached hydrogens (tertiary/aromatic N) is 4. The standard InChI is InChI=1S/C11H17N7O2/c1-3-18-9(12)8(10(19)15-11(18)20)13-5-4-7-14-6-17(2)16-7/h6,13H,3-5,12H2,1-2H3,(H,15,19,20). The fourth-order valence-corrected chi connectivity index (χ4v) is 1.87. The van der Waals surface area contributed by atoms with Crippen LogP contribution in [0.2, 0.25) is 0 Å². The van der Waals surface area contributed by atoms with Crippen LogP contribution in [0.4, 0.5) is 11.5 Å². The van der Waals surface area contributed by atoms with Crippen molar-refractivity contribution < 1.29 is 0 Å². The van der Waals surface area contributed by atoms with Gasteiger partial charge in [-0.25, -0.2) is 9.78 Å². The lowest BCUT2D eigenvalue weighted by Gasteiger charge is -2.11. The van der Waals surface area contributed by atoms with Crippen molar-refractivity contribution in [3.63, 3.8) is 0 Å². The summed E-state index contributed by atoms with van der Waals surface area (Å²) in [6.45, 7) is 2.61. The van der Waals surface area contributed by atoms with Gasteiger partial charge in [0, 0.05) is 26.6 Å². The first-order valence-corrected chi connectivity index (χ1v) is 6.24. The van der Waals surface area contributed by atoms with Crippen LogP contribution in [0.25, 0.3) is 0 Å². The molecule has 0 saturated heterocycles. The highest BCUT2D eigenvalue weighted by atomic mass is 16.2. The molecule has 0 amide bonds. The van der Waals surface area contributed by atoms with Crippen LogP contribution in [0.3, 0.4) is 0 Å². The predicted molar refractivity (Wildman–Crippen MR) is 74.6 cm³/mol. The number of rotatable bonds is 5. The number of hydrogen-bond donors (Lipinski definition) is 3. The number of hydrogen-bond acceptors (Lipinski definition) is 6. The van der Waals surface area contributed by atoms with Crippen LogP contribution >= 0.6 is 0 Å². The molecule has 9 nitrogen and oxygen atoms in total. The molecule has 0 aromatic carbocycles. The fraction of sp³-hybridized carbons (Fsp3) is 0.455. The summed E-state index contributed by atoms with van der Waals surface area (Å²) < 4.78 is 2.90. The average molecular weight is 279 g/mol. The minimum absolute atomic E-state index is 0.134. The van der Waals surface area contributed by atoms with E-state index in [-0.39, 0.29) is 11.5 Å². The smallest absolute Gasteiger partial charge is 0.330 e. The van der Waals surface area contributed by atoms with Crippen molar-refractivity contribution in [1.29, 1.82) is 0 Å². The first-order chi connectivity index (χ1) is 9.52. The second kappa shape index (κ2) is 5.59. The van der Waals surface area contributed by atoms with Gasteiger partial charge in [-0.15, -0.1) is 0 Å². The number of nitrogens with one attached hydrogen (secondary N) is 2. The molecule has 0 spiro atoms. The van der Waals surface area contributed by atoms with E-state index in [1.807, 2.05) is 0 Å². The molecule has 0 fully saturated rings. The van der Waals surface area contributed by atoms with Crippen molar-refractivity contribution in [3.05, 3.63) is 33.0 Å². The molecule has 20 heavy (non-hydrogen) atoms. The summed E-state index contributed by atoms with van der Waals surface area (Å²) in [5, 5.41) is 7.05. The lowest BCUT2D eigenvalue weighted by atomic mass is 10.3. The maximum atomic E-state index is 11.7. The van der Waals surface area contributed by atoms with Crippen molar-refractivity contribution in [2.75, 3.05) is 17.6 Å². The topological polar surface area (TPSA) is 124 Å². The molecule has 4 N–H and O–H groups in total. The molecular formula is C11H17N7O2. The van der Waals surface area contributed by atoms with E-state index >= 15 is 0 Å². The van der Waals surface area contributed by atoms with Crippen LogP contribution in [0.5, 0.6) is 0 Å². The van der Waals surface area contributed by atoms with E-state index in [0.29, 0.717) is 25.3 Å². The Hall–Kier alpha value is -2.58. The van der Waals surface area contributed by atoms with E-state index in [1.54, 1.807) is 25.0 Å². The second-order valence-electron chi connectivity index (χ2n) is 4.28. The Morgan fingerprint density at radius 2 is 2.20 bits per heavy atom. The third-order valence-corrected chi connectivity index (χ3v) is 2.85. The Bertz CT molecular complexity index is 712. The first-order valence-electron chi connectivity index (χ1n) is 6.24. The number of aromatic nitrogens is 5. The summed E-state index contributed by atoms with van der Waals surface area (Å²) >= 11 is 0. The highest BCUT2D eigenvalue weighted by molar-refractivity contribution is 5.60. The largest absolute Gasteiger partial charge is 0.383 e. The van der Waals surface area contributed by atoms with Gasteiger partial charge in [-0.3, -0.25) is 19.0 Å². The lowest BCUT2D eigenvalue weighted by molar-refractivity contribution is 0.705. The highest BCUT2D eigenvalue weighted by Gasteiger charge is 2.10. The van der Waals surface area contributed by atoms with Gasteiger partial charge in [-0.1, -0.05) is 0 Å². The van der Waals surface area contributed by atoms with E-state index in [4.69, 9.17) is 5.73 Å². The zero-order valence-corrected chi connectivity index (χ0v) is 11.4. The molecule has 0 aliphatic rings. The molecule has 9 heteroatoms. The minimum Gasteiger partial charge on any atom is -0.383 e. The van der Waals surface area contributed by atoms with E-state index in [9.17, 15) is 9.59 Å². The third kappa shape index (κ3) is 2.71. The van der Waals surface area contributed by atoms with Gasteiger partial charge in [0.25, 0.3) is 5.56 Å². The molecule has 0 aliphatic heterocycles. The average Bonchev–Trinajstić information content (AvgIpc) is 2.79. The number of H-pyrrole nitrogens is 1. The third-order valence-electron chi connectivity index (χ3n) is 2.85. The van der Waals surface area contributed by atoms with Gasteiger partial charge in [-0.05, 0) is 6.92 Å². The number of nitrogen functional groups attached to an aromatic ring is 1. The molecule has 2 rings (SSSR count). The van der Waals surface area contributed by atoms with Crippen LogP contribution in [0.1, 0.15) is 12.7 Å². The normalized spacial score (nSPS) is 10.7. The summed E-state index contributed by atoms with van der Waals surface area (Å²) in [5.74, 6) is 0.800. The van der Waals surface area contributed by atoms with E-state index in [0.717, 1.165) is 0 Å². The van der Waals surface area contributed by atoms with Gasteiger partial charge in [0.15, 0.2) is 5.82 Å². The summed E-state index contributed by atoms with van der Waals surface area (Å²) in [6, 6.07) is 0. The molecule has 0 radical (unpaired) electrons. The zero-order chi connectivity index (χ0) is 14.7. The quantitative estimate of drug-likeness (QED) is 0.639. The van der Waals surface area contributed by atoms with Crippen LogP contribution in [-0.4, -0.2) is 30.9 Å². The Labute approximate surface area is 114 Å². The van der Waals surface area contributed by atoms with Crippen LogP contribution in [-0.2, 0) is 20.0 Å². The molecular weight excluding hydrogens is 262 g/mol. The number of aryl methyl sites for hydroxylation is 1. The summed E-state index contributed by atoms with van der Waals surface area (Å²) in [4.78, 5) is 29.6. The second-order valence-corrected chi connectivity index (χ2v) is 4.28. The van der Waals surface area contributed by atoms with Gasteiger partial charge in [-0.2, -0.15) is 5.10 Å². The molecule has 0 atom stereocenters. The van der Waals surface area contributed by atoms with Crippen molar-refractivity contribution in [1.82, 2.24) is 24.3 Å². The van der Waals surface area contributed by atoms with Crippen molar-refractivity contribution in [2.45, 2.75) is 19.9 Å². The van der Waals surface area contributed by atoms with Gasteiger partial charge in [0.05, 0.1) is 0 Å². The van der Waals surface area contributed by atoms with Crippen molar-refractivity contribution >= 4 is 11.5 Å². The summed E-state index contributed by atoms with van der Waals surface area (Å²) in [5.41, 5.74) is 4.99. The van der Waals surface area contributed by atoms with Gasteiger partial charge in [0.1, 0.15) is 17.8 Å². The number of aromatic amines is 1. The minimum atomic E-state index is -0.522. The molecule has 0 aliphatic carbocycles. The first kappa shape index (κ1) is 13.8. The summed E-state index contributed by atoms with van der Waals surface area (Å²) in [6.07, 6.45) is 2.15. The Morgan fingerprint density at radius 1 is 1.45 bits per heavy atom. The number of anilines is 2. The van der Waals surface area contributed by atoms with Gasteiger partial charge >= 0.3 is 5.69 Å². The Kier molecular flexibility index (Phi) is 3.87. The monoisotopic (exact) mass is 279 g/mol. The lowest BCUT2D eigenvalue weighted by Crippen LogP contribution is -2.34. The molecule has 108 valence electrons. The molecule has 2 heterocycles. The van der Waals surface area contributed by atoms with Crippen LogP contribution in [0.15, 0.2) is 15.9 Å². The van der Waals surface area contributed by atoms with E-state index in [2.05, 4.69) is 20.4 Å². The van der Waals surface area contributed by atoms with Crippen LogP contribution < -0.4 is 22.3 Å². The maximum absolute atomic E-state index is 11.7. The molecule has 0 unspecified atom stereocenters. The van der Waals surface area contributed by atoms with Gasteiger partial charge in [0.2, 0.25) is 0 Å². The van der Waals surface area contributed by atoms with Crippen LogP contribution in [0, 0.1) is 0 Å². The Balaban J connectivity index is 2.13. The summed E-state index contributed by atoms with van der Waals surface area (Å²) in [7, 11) is 1.78. The molecule has 0 bridgehead atoms. The predicted octanol–water partition coefficient (Wildman–Crippen LogP) is -1.08. The highest BCUT2D eigenvalue weighted by Crippen LogP contribution is 2.09. The Morgan fingerprint density at radius 3 is 2.80 bits per heavy atom. The fourth-order valence-electron chi connectivity index (χ4n) is 1.87. The molecule has 2 aromatic rings. The number of nitrogens with two attached hydrogens (primary N) is 1. The van der Waals surface area contributed by atoms with E-state index in [1.165, 1.54) is 4.57 Å².